The summed E-state index contributed by atoms with van der Waals surface area (Å²) >= 11 is 0. The molecule has 3 rings (SSSR count). The van der Waals surface area contributed by atoms with Gasteiger partial charge < -0.3 is 4.42 Å². The number of hydrogen-bond donors (Lipinski definition) is 0. The molecule has 0 atom stereocenters. The molecule has 2 aromatic carbocycles. The average Bonchev–Trinajstić information content (AvgIpc) is 2.75. The average molecular weight is 276 g/mol. The van der Waals surface area contributed by atoms with Gasteiger partial charge in [0.1, 0.15) is 17.8 Å². The molecule has 1 heterocycles. The van der Waals surface area contributed by atoms with Crippen LogP contribution in [0.4, 0.5) is 13.2 Å². The molecular formula is C16H11F3O. The van der Waals surface area contributed by atoms with Crippen molar-refractivity contribution in [3.63, 3.8) is 0 Å². The van der Waals surface area contributed by atoms with E-state index >= 15 is 0 Å². The van der Waals surface area contributed by atoms with Gasteiger partial charge in [-0.05, 0) is 11.6 Å². The topological polar surface area (TPSA) is 13.1 Å². The van der Waals surface area contributed by atoms with Crippen molar-refractivity contribution in [2.45, 2.75) is 12.6 Å². The van der Waals surface area contributed by atoms with E-state index in [0.717, 1.165) is 5.56 Å². The first kappa shape index (κ1) is 12.8. The van der Waals surface area contributed by atoms with E-state index in [1.54, 1.807) is 48.5 Å². The van der Waals surface area contributed by atoms with E-state index in [9.17, 15) is 13.2 Å². The maximum absolute atomic E-state index is 12.7. The standard InChI is InChI=1S/C16H11F3O/c17-16(18,19)10-14-15(11-6-2-1-3-7-11)12-8-4-5-9-13(12)20-14/h1-9H,10H2. The van der Waals surface area contributed by atoms with Crippen LogP contribution in [-0.2, 0) is 6.42 Å². The number of para-hydroxylation sites is 1. The molecule has 1 aromatic heterocycles. The Bertz CT molecular complexity index is 726. The molecule has 0 aliphatic carbocycles. The summed E-state index contributed by atoms with van der Waals surface area (Å²) in [6.45, 7) is 0. The van der Waals surface area contributed by atoms with E-state index in [-0.39, 0.29) is 5.76 Å². The van der Waals surface area contributed by atoms with Crippen LogP contribution in [0.15, 0.2) is 59.0 Å². The molecule has 0 radical (unpaired) electrons. The van der Waals surface area contributed by atoms with Crippen molar-refractivity contribution in [2.24, 2.45) is 0 Å². The maximum Gasteiger partial charge on any atom is 0.396 e. The van der Waals surface area contributed by atoms with Crippen molar-refractivity contribution >= 4 is 11.0 Å². The molecule has 20 heavy (non-hydrogen) atoms. The second kappa shape index (κ2) is 4.71. The zero-order chi connectivity index (χ0) is 14.2. The molecule has 1 nitrogen and oxygen atoms in total. The van der Waals surface area contributed by atoms with Gasteiger partial charge in [-0.25, -0.2) is 0 Å². The van der Waals surface area contributed by atoms with E-state index in [4.69, 9.17) is 4.42 Å². The number of benzene rings is 2. The minimum atomic E-state index is -4.29. The predicted octanol–water partition coefficient (Wildman–Crippen LogP) is 5.20. The van der Waals surface area contributed by atoms with Gasteiger partial charge in [-0.1, -0.05) is 48.5 Å². The Balaban J connectivity index is 2.24. The molecule has 0 unspecified atom stereocenters. The van der Waals surface area contributed by atoms with Gasteiger partial charge in [0.15, 0.2) is 0 Å². The van der Waals surface area contributed by atoms with Crippen molar-refractivity contribution in [2.75, 3.05) is 0 Å². The molecule has 102 valence electrons. The van der Waals surface area contributed by atoms with Crippen LogP contribution in [0.5, 0.6) is 0 Å². The van der Waals surface area contributed by atoms with Crippen LogP contribution in [0.1, 0.15) is 5.76 Å². The highest BCUT2D eigenvalue weighted by atomic mass is 19.4. The Hall–Kier alpha value is -2.23. The molecule has 0 fully saturated rings. The zero-order valence-electron chi connectivity index (χ0n) is 10.4. The first-order chi connectivity index (χ1) is 9.54. The summed E-state index contributed by atoms with van der Waals surface area (Å²) < 4.78 is 43.5. The number of fused-ring (bicyclic) bond motifs is 1. The lowest BCUT2D eigenvalue weighted by atomic mass is 10.0. The molecule has 0 aliphatic rings. The zero-order valence-corrected chi connectivity index (χ0v) is 10.4. The molecule has 3 aromatic rings. The first-order valence-electron chi connectivity index (χ1n) is 6.17. The summed E-state index contributed by atoms with van der Waals surface area (Å²) in [6, 6.07) is 16.0. The van der Waals surface area contributed by atoms with Crippen LogP contribution in [0.2, 0.25) is 0 Å². The van der Waals surface area contributed by atoms with Crippen molar-refractivity contribution in [1.82, 2.24) is 0 Å². The van der Waals surface area contributed by atoms with Crippen LogP contribution in [0.25, 0.3) is 22.1 Å². The number of halogens is 3. The van der Waals surface area contributed by atoms with Gasteiger partial charge in [0.25, 0.3) is 0 Å². The second-order valence-electron chi connectivity index (χ2n) is 4.55. The highest BCUT2D eigenvalue weighted by molar-refractivity contribution is 5.95. The fraction of sp³-hybridized carbons (Fsp3) is 0.125. The molecule has 0 saturated heterocycles. The van der Waals surface area contributed by atoms with Crippen molar-refractivity contribution < 1.29 is 17.6 Å². The summed E-state index contributed by atoms with van der Waals surface area (Å²) in [7, 11) is 0. The minimum Gasteiger partial charge on any atom is -0.460 e. The van der Waals surface area contributed by atoms with Gasteiger partial charge in [0.2, 0.25) is 0 Å². The summed E-state index contributed by atoms with van der Waals surface area (Å²) in [5.41, 5.74) is 1.74. The van der Waals surface area contributed by atoms with Gasteiger partial charge in [-0.15, -0.1) is 0 Å². The fourth-order valence-electron chi connectivity index (χ4n) is 2.32. The Morgan fingerprint density at radius 1 is 0.850 bits per heavy atom. The number of hydrogen-bond acceptors (Lipinski definition) is 1. The van der Waals surface area contributed by atoms with E-state index in [1.807, 2.05) is 6.07 Å². The SMILES string of the molecule is FC(F)(F)Cc1oc2ccccc2c1-c1ccccc1. The van der Waals surface area contributed by atoms with Gasteiger partial charge in [-0.2, -0.15) is 13.2 Å². The van der Waals surface area contributed by atoms with Gasteiger partial charge in [-0.3, -0.25) is 0 Å². The van der Waals surface area contributed by atoms with E-state index < -0.39 is 12.6 Å². The van der Waals surface area contributed by atoms with Crippen LogP contribution < -0.4 is 0 Å². The Labute approximate surface area is 113 Å². The van der Waals surface area contributed by atoms with E-state index in [0.29, 0.717) is 16.5 Å². The number of alkyl halides is 3. The molecule has 0 spiro atoms. The normalized spacial score (nSPS) is 11.9. The molecule has 0 amide bonds. The lowest BCUT2D eigenvalue weighted by Crippen LogP contribution is -2.11. The highest BCUT2D eigenvalue weighted by Crippen LogP contribution is 2.37. The van der Waals surface area contributed by atoms with E-state index in [2.05, 4.69) is 0 Å². The van der Waals surface area contributed by atoms with Gasteiger partial charge in [0.05, 0.1) is 0 Å². The summed E-state index contributed by atoms with van der Waals surface area (Å²) in [4.78, 5) is 0. The van der Waals surface area contributed by atoms with Crippen molar-refractivity contribution in [3.8, 4) is 11.1 Å². The molecule has 4 heteroatoms. The third-order valence-corrected chi connectivity index (χ3v) is 3.09. The van der Waals surface area contributed by atoms with Crippen LogP contribution in [0, 0.1) is 0 Å². The highest BCUT2D eigenvalue weighted by Gasteiger charge is 2.32. The van der Waals surface area contributed by atoms with Crippen LogP contribution in [0.3, 0.4) is 0 Å². The van der Waals surface area contributed by atoms with Crippen LogP contribution >= 0.6 is 0 Å². The second-order valence-corrected chi connectivity index (χ2v) is 4.55. The maximum atomic E-state index is 12.7. The largest absolute Gasteiger partial charge is 0.460 e. The molecular weight excluding hydrogens is 265 g/mol. The monoisotopic (exact) mass is 276 g/mol. The third kappa shape index (κ3) is 2.41. The van der Waals surface area contributed by atoms with Crippen molar-refractivity contribution in [1.29, 1.82) is 0 Å². The molecule has 0 bridgehead atoms. The summed E-state index contributed by atoms with van der Waals surface area (Å²) in [5, 5.41) is 0.706. The Kier molecular flexibility index (Phi) is 3.01. The van der Waals surface area contributed by atoms with Gasteiger partial charge in [0, 0.05) is 10.9 Å². The first-order valence-corrected chi connectivity index (χ1v) is 6.17. The molecule has 0 saturated carbocycles. The number of furan rings is 1. The van der Waals surface area contributed by atoms with Crippen LogP contribution in [-0.4, -0.2) is 6.18 Å². The molecule has 0 aliphatic heterocycles. The Morgan fingerprint density at radius 2 is 1.50 bits per heavy atom. The quantitative estimate of drug-likeness (QED) is 0.626. The fourth-order valence-corrected chi connectivity index (χ4v) is 2.32. The third-order valence-electron chi connectivity index (χ3n) is 3.09. The smallest absolute Gasteiger partial charge is 0.396 e. The minimum absolute atomic E-state index is 0.0371. The lowest BCUT2D eigenvalue weighted by molar-refractivity contribution is -0.129. The summed E-state index contributed by atoms with van der Waals surface area (Å²) in [6.07, 6.45) is -5.36. The van der Waals surface area contributed by atoms with Gasteiger partial charge >= 0.3 is 6.18 Å². The summed E-state index contributed by atoms with van der Waals surface area (Å²) in [5.74, 6) is -0.0371. The lowest BCUT2D eigenvalue weighted by Gasteiger charge is -2.06. The van der Waals surface area contributed by atoms with Crippen molar-refractivity contribution in [3.05, 3.63) is 60.4 Å². The number of rotatable bonds is 2. The Morgan fingerprint density at radius 3 is 2.20 bits per heavy atom. The molecule has 0 N–H and O–H groups in total. The predicted molar refractivity (Wildman–Crippen MR) is 71.4 cm³/mol. The van der Waals surface area contributed by atoms with E-state index in [1.165, 1.54) is 0 Å².